The van der Waals surface area contributed by atoms with E-state index in [1.165, 1.54) is 11.0 Å². The Kier molecular flexibility index (Phi) is 7.71. The van der Waals surface area contributed by atoms with E-state index in [1.54, 1.807) is 6.07 Å². The van der Waals surface area contributed by atoms with Gasteiger partial charge in [0.2, 0.25) is 5.95 Å². The highest BCUT2D eigenvalue weighted by Gasteiger charge is 2.38. The van der Waals surface area contributed by atoms with Crippen molar-refractivity contribution in [2.45, 2.75) is 51.4 Å². The molecule has 13 heteroatoms. The normalized spacial score (nSPS) is 19.6. The molecule has 2 saturated heterocycles. The lowest BCUT2D eigenvalue weighted by molar-refractivity contribution is -0.138. The largest absolute Gasteiger partial charge is 0.481 e. The minimum absolute atomic E-state index is 0.0327. The number of alkyl halides is 3. The zero-order valence-corrected chi connectivity index (χ0v) is 22.5. The molecule has 2 aliphatic rings. The number of aromatic nitrogens is 3. The first kappa shape index (κ1) is 28.5. The van der Waals surface area contributed by atoms with Crippen molar-refractivity contribution >= 4 is 23.6 Å². The molecule has 218 valence electrons. The maximum atomic E-state index is 14.1. The fourth-order valence-electron chi connectivity index (χ4n) is 5.45. The van der Waals surface area contributed by atoms with Crippen molar-refractivity contribution in [2.75, 3.05) is 40.9 Å². The summed E-state index contributed by atoms with van der Waals surface area (Å²) in [6.45, 7) is 5.35. The number of carboxylic acid groups (broad SMARTS) is 1. The second-order valence-electron chi connectivity index (χ2n) is 10.5. The van der Waals surface area contributed by atoms with E-state index in [9.17, 15) is 26.7 Å². The third-order valence-corrected chi connectivity index (χ3v) is 7.53. The molecule has 2 aliphatic heterocycles. The topological polar surface area (TPSA) is 85.7 Å². The van der Waals surface area contributed by atoms with Crippen LogP contribution < -0.4 is 14.7 Å². The van der Waals surface area contributed by atoms with Crippen molar-refractivity contribution in [3.63, 3.8) is 0 Å². The molecule has 0 spiro atoms. The predicted octanol–water partition coefficient (Wildman–Crippen LogP) is 5.17. The average Bonchev–Trinajstić information content (AvgIpc) is 3.35. The zero-order chi connectivity index (χ0) is 29.5. The summed E-state index contributed by atoms with van der Waals surface area (Å²) in [6.07, 6.45) is -2.19. The van der Waals surface area contributed by atoms with Gasteiger partial charge in [-0.05, 0) is 56.5 Å². The summed E-state index contributed by atoms with van der Waals surface area (Å²) in [6, 6.07) is 5.98. The van der Waals surface area contributed by atoms with Gasteiger partial charge in [-0.2, -0.15) is 18.2 Å². The number of carboxylic acids is 1. The Morgan fingerprint density at radius 3 is 2.41 bits per heavy atom. The van der Waals surface area contributed by atoms with Crippen LogP contribution in [0.4, 0.5) is 39.5 Å². The lowest BCUT2D eigenvalue weighted by Gasteiger charge is -2.42. The first-order valence-electron chi connectivity index (χ1n) is 13.3. The van der Waals surface area contributed by atoms with E-state index in [2.05, 4.69) is 21.8 Å². The number of carbonyl (C=O) groups is 1. The van der Waals surface area contributed by atoms with Crippen molar-refractivity contribution < 1.29 is 31.9 Å². The van der Waals surface area contributed by atoms with E-state index in [1.807, 2.05) is 11.8 Å². The number of nitrogens with zero attached hydrogens (tertiary/aromatic N) is 6. The molecule has 1 aromatic carbocycles. The molecule has 41 heavy (non-hydrogen) atoms. The highest BCUT2D eigenvalue weighted by atomic mass is 19.4. The van der Waals surface area contributed by atoms with Gasteiger partial charge in [0.05, 0.1) is 17.7 Å². The number of benzene rings is 1. The average molecular weight is 577 g/mol. The molecule has 0 saturated carbocycles. The number of hydrogen-bond donors (Lipinski definition) is 1. The molecule has 1 N–H and O–H groups in total. The summed E-state index contributed by atoms with van der Waals surface area (Å²) in [4.78, 5) is 30.1. The van der Waals surface area contributed by atoms with Crippen molar-refractivity contribution in [2.24, 2.45) is 0 Å². The van der Waals surface area contributed by atoms with E-state index in [4.69, 9.17) is 10.1 Å². The van der Waals surface area contributed by atoms with Crippen LogP contribution in [0.25, 0.3) is 11.3 Å². The molecule has 8 nitrogen and oxygen atoms in total. The summed E-state index contributed by atoms with van der Waals surface area (Å²) < 4.78 is 69.6. The maximum Gasteiger partial charge on any atom is 0.419 e. The number of hydrogen-bond acceptors (Lipinski definition) is 7. The van der Waals surface area contributed by atoms with Crippen LogP contribution in [0.15, 0.2) is 36.5 Å². The fourth-order valence-corrected chi connectivity index (χ4v) is 5.45. The third-order valence-electron chi connectivity index (χ3n) is 7.53. The minimum atomic E-state index is -4.72. The molecule has 0 bridgehead atoms. The van der Waals surface area contributed by atoms with Crippen LogP contribution in [0.2, 0.25) is 0 Å². The standard InChI is InChI=1S/C28H29F5N6O2/c1-16-4-3-7-39(16)27-35-23(19-5-6-21(29)22(30)12-19)13-24(36-27)38-9-8-37(15-17(38)2)26-20(28(31,32)33)10-18(14-34-26)11-25(40)41/h5-6,10,12-14,16-17H,3-4,7-9,11,15H2,1-2H3,(H,40,41). The molecule has 2 fully saturated rings. The van der Waals surface area contributed by atoms with Crippen LogP contribution in [-0.4, -0.2) is 64.3 Å². The Hall–Kier alpha value is -4.03. The Morgan fingerprint density at radius 2 is 1.78 bits per heavy atom. The van der Waals surface area contributed by atoms with Gasteiger partial charge in [0.25, 0.3) is 0 Å². The number of anilines is 3. The van der Waals surface area contributed by atoms with Crippen LogP contribution in [0, 0.1) is 11.6 Å². The summed E-state index contributed by atoms with van der Waals surface area (Å²) >= 11 is 0. The molecule has 0 radical (unpaired) electrons. The Balaban J connectivity index is 1.46. The first-order chi connectivity index (χ1) is 19.4. The molecular formula is C28H29F5N6O2. The van der Waals surface area contributed by atoms with Gasteiger partial charge in [0, 0.05) is 56.1 Å². The van der Waals surface area contributed by atoms with Gasteiger partial charge in [-0.3, -0.25) is 4.79 Å². The minimum Gasteiger partial charge on any atom is -0.481 e. The number of pyridine rings is 1. The number of rotatable bonds is 6. The fraction of sp³-hybridized carbons (Fsp3) is 0.429. The summed E-state index contributed by atoms with van der Waals surface area (Å²) in [5.74, 6) is -2.48. The van der Waals surface area contributed by atoms with Crippen molar-refractivity contribution in [1.82, 2.24) is 15.0 Å². The second kappa shape index (κ2) is 11.1. The molecule has 4 heterocycles. The summed E-state index contributed by atoms with van der Waals surface area (Å²) in [7, 11) is 0. The highest BCUT2D eigenvalue weighted by molar-refractivity contribution is 5.70. The second-order valence-corrected chi connectivity index (χ2v) is 10.5. The van der Waals surface area contributed by atoms with Crippen molar-refractivity contribution in [3.8, 4) is 11.3 Å². The Labute approximate surface area is 233 Å². The van der Waals surface area contributed by atoms with Crippen LogP contribution >= 0.6 is 0 Å². The van der Waals surface area contributed by atoms with Crippen LogP contribution in [0.3, 0.4) is 0 Å². The van der Waals surface area contributed by atoms with Gasteiger partial charge in [-0.15, -0.1) is 0 Å². The van der Waals surface area contributed by atoms with Gasteiger partial charge < -0.3 is 19.8 Å². The number of piperazine rings is 1. The molecule has 2 atom stereocenters. The van der Waals surface area contributed by atoms with Gasteiger partial charge in [-0.1, -0.05) is 0 Å². The van der Waals surface area contributed by atoms with E-state index in [0.29, 0.717) is 29.6 Å². The third kappa shape index (κ3) is 6.03. The van der Waals surface area contributed by atoms with E-state index >= 15 is 0 Å². The summed E-state index contributed by atoms with van der Waals surface area (Å²) in [5, 5.41) is 9.00. The smallest absolute Gasteiger partial charge is 0.419 e. The monoisotopic (exact) mass is 576 g/mol. The molecule has 5 rings (SSSR count). The highest BCUT2D eigenvalue weighted by Crippen LogP contribution is 2.37. The van der Waals surface area contributed by atoms with Crippen LogP contribution in [-0.2, 0) is 17.4 Å². The lowest BCUT2D eigenvalue weighted by atomic mass is 10.1. The Morgan fingerprint density at radius 1 is 1.00 bits per heavy atom. The van der Waals surface area contributed by atoms with E-state index in [-0.39, 0.29) is 36.6 Å². The van der Waals surface area contributed by atoms with Gasteiger partial charge in [-0.25, -0.2) is 18.7 Å². The van der Waals surface area contributed by atoms with Crippen LogP contribution in [0.5, 0.6) is 0 Å². The SMILES string of the molecule is CC1CN(c2ncc(CC(=O)O)cc2C(F)(F)F)CCN1c1cc(-c2ccc(F)c(F)c2)nc(N2CCCC2C)n1. The van der Waals surface area contributed by atoms with Gasteiger partial charge in [0.15, 0.2) is 11.6 Å². The van der Waals surface area contributed by atoms with E-state index < -0.39 is 35.8 Å². The first-order valence-corrected chi connectivity index (χ1v) is 13.3. The van der Waals surface area contributed by atoms with Crippen LogP contribution in [0.1, 0.15) is 37.8 Å². The van der Waals surface area contributed by atoms with Gasteiger partial charge >= 0.3 is 12.1 Å². The summed E-state index contributed by atoms with van der Waals surface area (Å²) in [5.41, 5.74) is -0.223. The predicted molar refractivity (Wildman–Crippen MR) is 143 cm³/mol. The van der Waals surface area contributed by atoms with Crippen molar-refractivity contribution in [3.05, 3.63) is 59.3 Å². The number of aliphatic carboxylic acids is 1. The maximum absolute atomic E-state index is 14.1. The molecule has 3 aromatic rings. The molecule has 0 aliphatic carbocycles. The van der Waals surface area contributed by atoms with Gasteiger partial charge in [0.1, 0.15) is 11.6 Å². The quantitative estimate of drug-likeness (QED) is 0.403. The number of halogens is 5. The lowest BCUT2D eigenvalue weighted by Crippen LogP contribution is -2.53. The molecule has 0 amide bonds. The molecular weight excluding hydrogens is 547 g/mol. The molecule has 2 unspecified atom stereocenters. The van der Waals surface area contributed by atoms with E-state index in [0.717, 1.165) is 43.8 Å². The zero-order valence-electron chi connectivity index (χ0n) is 22.5. The molecule has 2 aromatic heterocycles. The Bertz CT molecular complexity index is 1450. The van der Waals surface area contributed by atoms with Crippen molar-refractivity contribution in [1.29, 1.82) is 0 Å².